The van der Waals surface area contributed by atoms with E-state index < -0.39 is 0 Å². The van der Waals surface area contributed by atoms with Crippen LogP contribution in [0.5, 0.6) is 0 Å². The number of hydrogen-bond donors (Lipinski definition) is 0. The van der Waals surface area contributed by atoms with Gasteiger partial charge in [0.2, 0.25) is 0 Å². The number of ether oxygens (including phenoxy) is 1. The zero-order chi connectivity index (χ0) is 16.9. The van der Waals surface area contributed by atoms with Crippen molar-refractivity contribution in [2.24, 2.45) is 5.92 Å². The van der Waals surface area contributed by atoms with E-state index in [4.69, 9.17) is 4.74 Å². The standard InChI is InChI=1S/C10H19NO2.C8H11N/c1-8-5-6-11(7-8)9(12)13-10(2,3)4;1-6-4-7(2)9-8(3)5-6/h8H,5-7H2,1-4H3;4-5H,1-3H3. The van der Waals surface area contributed by atoms with Gasteiger partial charge in [0.25, 0.3) is 0 Å². The molecule has 2 rings (SSSR count). The van der Waals surface area contributed by atoms with Crippen molar-refractivity contribution in [2.45, 2.75) is 60.5 Å². The van der Waals surface area contributed by atoms with E-state index in [2.05, 4.69) is 31.0 Å². The molecule has 0 N–H and O–H groups in total. The highest BCUT2D eigenvalue weighted by atomic mass is 16.6. The van der Waals surface area contributed by atoms with Gasteiger partial charge in [-0.3, -0.25) is 4.98 Å². The van der Waals surface area contributed by atoms with Crippen LogP contribution in [-0.2, 0) is 4.74 Å². The summed E-state index contributed by atoms with van der Waals surface area (Å²) in [6, 6.07) is 4.15. The minimum atomic E-state index is -0.372. The maximum atomic E-state index is 11.5. The molecule has 0 spiro atoms. The Hall–Kier alpha value is -1.58. The molecule has 0 radical (unpaired) electrons. The van der Waals surface area contributed by atoms with Gasteiger partial charge in [-0.05, 0) is 71.6 Å². The number of carbonyl (C=O) groups is 1. The van der Waals surface area contributed by atoms with E-state index >= 15 is 0 Å². The topological polar surface area (TPSA) is 42.4 Å². The van der Waals surface area contributed by atoms with Crippen LogP contribution in [0.15, 0.2) is 12.1 Å². The number of pyridine rings is 1. The van der Waals surface area contributed by atoms with E-state index in [1.807, 2.05) is 34.6 Å². The van der Waals surface area contributed by atoms with Gasteiger partial charge in [0, 0.05) is 24.5 Å². The van der Waals surface area contributed by atoms with Crippen LogP contribution in [0.25, 0.3) is 0 Å². The van der Waals surface area contributed by atoms with E-state index in [-0.39, 0.29) is 11.7 Å². The van der Waals surface area contributed by atoms with Crippen molar-refractivity contribution in [1.82, 2.24) is 9.88 Å². The lowest BCUT2D eigenvalue weighted by Crippen LogP contribution is -2.35. The van der Waals surface area contributed by atoms with Crippen molar-refractivity contribution in [3.63, 3.8) is 0 Å². The lowest BCUT2D eigenvalue weighted by molar-refractivity contribution is 0.0289. The van der Waals surface area contributed by atoms with E-state index in [0.29, 0.717) is 5.92 Å². The maximum Gasteiger partial charge on any atom is 0.410 e. The molecule has 4 nitrogen and oxygen atoms in total. The van der Waals surface area contributed by atoms with Gasteiger partial charge >= 0.3 is 6.09 Å². The molecule has 0 aliphatic carbocycles. The summed E-state index contributed by atoms with van der Waals surface area (Å²) < 4.78 is 5.26. The van der Waals surface area contributed by atoms with Crippen LogP contribution in [0.4, 0.5) is 4.79 Å². The molecular formula is C18H30N2O2. The average Bonchev–Trinajstić information content (AvgIpc) is 2.72. The number of carbonyl (C=O) groups excluding carboxylic acids is 1. The molecule has 1 saturated heterocycles. The molecule has 1 atom stereocenters. The second kappa shape index (κ2) is 7.61. The summed E-state index contributed by atoms with van der Waals surface area (Å²) in [6.45, 7) is 15.6. The zero-order valence-corrected chi connectivity index (χ0v) is 15.1. The molecule has 22 heavy (non-hydrogen) atoms. The fourth-order valence-electron chi connectivity index (χ4n) is 2.47. The van der Waals surface area contributed by atoms with E-state index in [9.17, 15) is 4.79 Å². The molecule has 0 saturated carbocycles. The summed E-state index contributed by atoms with van der Waals surface area (Å²) in [5, 5.41) is 0. The Morgan fingerprint density at radius 3 is 2.14 bits per heavy atom. The molecule has 1 fully saturated rings. The van der Waals surface area contributed by atoms with Gasteiger partial charge in [0.15, 0.2) is 0 Å². The van der Waals surface area contributed by atoms with Gasteiger partial charge < -0.3 is 9.64 Å². The molecule has 1 unspecified atom stereocenters. The first-order valence-electron chi connectivity index (χ1n) is 7.96. The number of aromatic nitrogens is 1. The summed E-state index contributed by atoms with van der Waals surface area (Å²) in [5.41, 5.74) is 3.13. The molecule has 1 aromatic heterocycles. The highest BCUT2D eigenvalue weighted by molar-refractivity contribution is 5.68. The van der Waals surface area contributed by atoms with Crippen LogP contribution in [0.1, 0.15) is 51.1 Å². The lowest BCUT2D eigenvalue weighted by Gasteiger charge is -2.24. The first-order valence-corrected chi connectivity index (χ1v) is 7.96. The smallest absolute Gasteiger partial charge is 0.410 e. The normalized spacial score (nSPS) is 17.8. The SMILES string of the molecule is CC1CCN(C(=O)OC(C)(C)C)C1.Cc1cc(C)nc(C)c1. The molecule has 2 heterocycles. The van der Waals surface area contributed by atoms with E-state index in [1.54, 1.807) is 4.90 Å². The first kappa shape index (κ1) is 18.5. The Kier molecular flexibility index (Phi) is 6.39. The Bertz CT molecular complexity index is 456. The summed E-state index contributed by atoms with van der Waals surface area (Å²) in [7, 11) is 0. The molecule has 0 bridgehead atoms. The lowest BCUT2D eigenvalue weighted by atomic mass is 10.2. The number of nitrogens with zero attached hydrogens (tertiary/aromatic N) is 2. The minimum absolute atomic E-state index is 0.170. The maximum absolute atomic E-state index is 11.5. The van der Waals surface area contributed by atoms with Crippen molar-refractivity contribution in [2.75, 3.05) is 13.1 Å². The monoisotopic (exact) mass is 306 g/mol. The van der Waals surface area contributed by atoms with Crippen molar-refractivity contribution >= 4 is 6.09 Å². The second-order valence-corrected chi connectivity index (χ2v) is 7.25. The van der Waals surface area contributed by atoms with Crippen LogP contribution in [0.3, 0.4) is 0 Å². The fraction of sp³-hybridized carbons (Fsp3) is 0.667. The number of amides is 1. The number of likely N-dealkylation sites (tertiary alicyclic amines) is 1. The zero-order valence-electron chi connectivity index (χ0n) is 15.1. The van der Waals surface area contributed by atoms with Crippen molar-refractivity contribution in [3.05, 3.63) is 29.1 Å². The molecule has 1 aliphatic rings. The molecule has 124 valence electrons. The molecule has 1 aliphatic heterocycles. The largest absolute Gasteiger partial charge is 0.444 e. The number of rotatable bonds is 0. The Morgan fingerprint density at radius 2 is 1.77 bits per heavy atom. The molecular weight excluding hydrogens is 276 g/mol. The average molecular weight is 306 g/mol. The van der Waals surface area contributed by atoms with Crippen LogP contribution < -0.4 is 0 Å². The highest BCUT2D eigenvalue weighted by Crippen LogP contribution is 2.18. The molecule has 1 amide bonds. The number of aryl methyl sites for hydroxylation is 3. The van der Waals surface area contributed by atoms with E-state index in [0.717, 1.165) is 30.9 Å². The quantitative estimate of drug-likeness (QED) is 0.719. The molecule has 0 aromatic carbocycles. The summed E-state index contributed by atoms with van der Waals surface area (Å²) in [4.78, 5) is 17.5. The van der Waals surface area contributed by atoms with Gasteiger partial charge in [-0.25, -0.2) is 4.79 Å². The van der Waals surface area contributed by atoms with Gasteiger partial charge in [0.1, 0.15) is 5.60 Å². The molecule has 1 aromatic rings. The van der Waals surface area contributed by atoms with Crippen LogP contribution in [0, 0.1) is 26.7 Å². The summed E-state index contributed by atoms with van der Waals surface area (Å²) >= 11 is 0. The van der Waals surface area contributed by atoms with E-state index in [1.165, 1.54) is 5.56 Å². The number of hydrogen-bond acceptors (Lipinski definition) is 3. The third-order valence-corrected chi connectivity index (χ3v) is 3.30. The first-order chi connectivity index (χ1) is 10.1. The molecule has 4 heteroatoms. The predicted octanol–water partition coefficient (Wildman–Crippen LogP) is 4.27. The third-order valence-electron chi connectivity index (χ3n) is 3.30. The minimum Gasteiger partial charge on any atom is -0.444 e. The van der Waals surface area contributed by atoms with Gasteiger partial charge in [-0.1, -0.05) is 6.92 Å². The van der Waals surface area contributed by atoms with Crippen molar-refractivity contribution < 1.29 is 9.53 Å². The van der Waals surface area contributed by atoms with Gasteiger partial charge in [0.05, 0.1) is 0 Å². The fourth-order valence-corrected chi connectivity index (χ4v) is 2.47. The third kappa shape index (κ3) is 6.92. The highest BCUT2D eigenvalue weighted by Gasteiger charge is 2.27. The predicted molar refractivity (Wildman–Crippen MR) is 90.0 cm³/mol. The van der Waals surface area contributed by atoms with Gasteiger partial charge in [-0.15, -0.1) is 0 Å². The van der Waals surface area contributed by atoms with Crippen LogP contribution in [0.2, 0.25) is 0 Å². The van der Waals surface area contributed by atoms with Crippen LogP contribution >= 0.6 is 0 Å². The summed E-state index contributed by atoms with van der Waals surface area (Å²) in [5.74, 6) is 0.618. The van der Waals surface area contributed by atoms with Crippen molar-refractivity contribution in [3.8, 4) is 0 Å². The second-order valence-electron chi connectivity index (χ2n) is 7.25. The van der Waals surface area contributed by atoms with Gasteiger partial charge in [-0.2, -0.15) is 0 Å². The van der Waals surface area contributed by atoms with Crippen LogP contribution in [-0.4, -0.2) is 34.7 Å². The Labute approximate surface area is 134 Å². The van der Waals surface area contributed by atoms with Crippen molar-refractivity contribution in [1.29, 1.82) is 0 Å². The summed E-state index contributed by atoms with van der Waals surface area (Å²) in [6.07, 6.45) is 0.927. The Balaban J connectivity index is 0.000000235. The Morgan fingerprint density at radius 1 is 1.23 bits per heavy atom.